The Hall–Kier alpha value is -1.20. The lowest BCUT2D eigenvalue weighted by Crippen LogP contribution is -2.13. The Morgan fingerprint density at radius 3 is 2.70 bits per heavy atom. The van der Waals surface area contributed by atoms with Crippen molar-refractivity contribution >= 4 is 11.3 Å². The third-order valence-corrected chi connectivity index (χ3v) is 4.65. The quantitative estimate of drug-likeness (QED) is 0.889. The van der Waals surface area contributed by atoms with Crippen molar-refractivity contribution in [2.24, 2.45) is 0 Å². The Morgan fingerprint density at radius 1 is 1.35 bits per heavy atom. The van der Waals surface area contributed by atoms with Crippen molar-refractivity contribution in [1.82, 2.24) is 20.1 Å². The van der Waals surface area contributed by atoms with Gasteiger partial charge in [-0.25, -0.2) is 4.98 Å². The van der Waals surface area contributed by atoms with Crippen LogP contribution < -0.4 is 5.32 Å². The Labute approximate surface area is 125 Å². The van der Waals surface area contributed by atoms with Crippen LogP contribution in [0.5, 0.6) is 0 Å². The van der Waals surface area contributed by atoms with Crippen LogP contribution in [0.25, 0.3) is 0 Å². The maximum Gasteiger partial charge on any atom is 0.0954 e. The maximum absolute atomic E-state index is 4.69. The first kappa shape index (κ1) is 15.2. The largest absolute Gasteiger partial charge is 0.313 e. The lowest BCUT2D eigenvalue weighted by atomic mass is 10.2. The highest BCUT2D eigenvalue weighted by molar-refractivity contribution is 7.09. The van der Waals surface area contributed by atoms with Gasteiger partial charge in [-0.3, -0.25) is 4.68 Å². The summed E-state index contributed by atoms with van der Waals surface area (Å²) in [6, 6.07) is 0. The molecule has 0 aliphatic rings. The Morgan fingerprint density at radius 2 is 2.10 bits per heavy atom. The number of rotatable bonds is 6. The number of aromatic nitrogens is 3. The molecule has 0 saturated heterocycles. The topological polar surface area (TPSA) is 42.7 Å². The van der Waals surface area contributed by atoms with Gasteiger partial charge in [0.2, 0.25) is 0 Å². The van der Waals surface area contributed by atoms with Gasteiger partial charge in [-0.1, -0.05) is 20.8 Å². The van der Waals surface area contributed by atoms with E-state index in [4.69, 9.17) is 0 Å². The standard InChI is InChI=1S/C15H24N4S/c1-6-16-7-14-11(4)18-19(12(14)5)8-13-9-20-15(17-13)10(2)3/h9-10,16H,6-8H2,1-5H3. The van der Waals surface area contributed by atoms with Crippen LogP contribution in [-0.2, 0) is 13.1 Å². The molecular formula is C15H24N4S. The van der Waals surface area contributed by atoms with Crippen LogP contribution in [0.1, 0.15) is 54.3 Å². The molecular weight excluding hydrogens is 268 g/mol. The van der Waals surface area contributed by atoms with Crippen LogP contribution in [0.15, 0.2) is 5.38 Å². The first-order valence-corrected chi connectivity index (χ1v) is 8.08. The van der Waals surface area contributed by atoms with Gasteiger partial charge in [-0.15, -0.1) is 11.3 Å². The third kappa shape index (κ3) is 3.27. The molecule has 0 bridgehead atoms. The van der Waals surface area contributed by atoms with Gasteiger partial charge in [-0.05, 0) is 20.4 Å². The molecule has 2 aromatic heterocycles. The van der Waals surface area contributed by atoms with E-state index in [1.807, 2.05) is 0 Å². The van der Waals surface area contributed by atoms with Crippen LogP contribution in [0, 0.1) is 13.8 Å². The highest BCUT2D eigenvalue weighted by Crippen LogP contribution is 2.20. The molecule has 0 aliphatic heterocycles. The molecule has 1 N–H and O–H groups in total. The molecule has 2 heterocycles. The van der Waals surface area contributed by atoms with Gasteiger partial charge in [0.05, 0.1) is 22.9 Å². The summed E-state index contributed by atoms with van der Waals surface area (Å²) in [5, 5.41) is 11.4. The molecule has 0 amide bonds. The van der Waals surface area contributed by atoms with E-state index < -0.39 is 0 Å². The molecule has 0 spiro atoms. The molecule has 0 radical (unpaired) electrons. The summed E-state index contributed by atoms with van der Waals surface area (Å²) in [7, 11) is 0. The predicted octanol–water partition coefficient (Wildman–Crippen LogP) is 3.24. The summed E-state index contributed by atoms with van der Waals surface area (Å²) in [4.78, 5) is 4.69. The van der Waals surface area contributed by atoms with Gasteiger partial charge in [0.1, 0.15) is 0 Å². The van der Waals surface area contributed by atoms with E-state index in [0.717, 1.165) is 31.0 Å². The van der Waals surface area contributed by atoms with Gasteiger partial charge in [-0.2, -0.15) is 5.10 Å². The second-order valence-electron chi connectivity index (χ2n) is 5.42. The minimum absolute atomic E-state index is 0.499. The van der Waals surface area contributed by atoms with Crippen molar-refractivity contribution < 1.29 is 0 Å². The van der Waals surface area contributed by atoms with Crippen molar-refractivity contribution in [2.75, 3.05) is 6.54 Å². The van der Waals surface area contributed by atoms with Crippen molar-refractivity contribution in [3.63, 3.8) is 0 Å². The lowest BCUT2D eigenvalue weighted by molar-refractivity contribution is 0.643. The molecule has 0 atom stereocenters. The van der Waals surface area contributed by atoms with E-state index in [9.17, 15) is 0 Å². The van der Waals surface area contributed by atoms with Gasteiger partial charge in [0.15, 0.2) is 0 Å². The van der Waals surface area contributed by atoms with Gasteiger partial charge in [0, 0.05) is 29.1 Å². The van der Waals surface area contributed by atoms with E-state index in [2.05, 4.69) is 60.1 Å². The summed E-state index contributed by atoms with van der Waals surface area (Å²) in [6.07, 6.45) is 0. The minimum atomic E-state index is 0.499. The molecule has 2 rings (SSSR count). The number of hydrogen-bond donors (Lipinski definition) is 1. The third-order valence-electron chi connectivity index (χ3n) is 3.46. The molecule has 0 aromatic carbocycles. The van der Waals surface area contributed by atoms with Crippen molar-refractivity contribution in [2.45, 2.75) is 53.6 Å². The number of nitrogens with one attached hydrogen (secondary N) is 1. The molecule has 0 saturated carbocycles. The Balaban J connectivity index is 2.16. The molecule has 20 heavy (non-hydrogen) atoms. The molecule has 110 valence electrons. The lowest BCUT2D eigenvalue weighted by Gasteiger charge is -2.04. The normalized spacial score (nSPS) is 11.5. The van der Waals surface area contributed by atoms with Gasteiger partial charge < -0.3 is 5.32 Å². The van der Waals surface area contributed by atoms with Crippen LogP contribution in [0.2, 0.25) is 0 Å². The first-order valence-electron chi connectivity index (χ1n) is 7.20. The van der Waals surface area contributed by atoms with Gasteiger partial charge in [0.25, 0.3) is 0 Å². The Bertz CT molecular complexity index is 568. The maximum atomic E-state index is 4.69. The van der Waals surface area contributed by atoms with Crippen LogP contribution in [-0.4, -0.2) is 21.3 Å². The molecule has 4 nitrogen and oxygen atoms in total. The summed E-state index contributed by atoms with van der Waals surface area (Å²) in [5.41, 5.74) is 4.77. The van der Waals surface area contributed by atoms with Crippen molar-refractivity contribution in [1.29, 1.82) is 0 Å². The van der Waals surface area contributed by atoms with Crippen molar-refractivity contribution in [3.05, 3.63) is 33.0 Å². The fourth-order valence-electron chi connectivity index (χ4n) is 2.21. The second kappa shape index (κ2) is 6.50. The summed E-state index contributed by atoms with van der Waals surface area (Å²) < 4.78 is 2.07. The summed E-state index contributed by atoms with van der Waals surface area (Å²) in [5.74, 6) is 0.499. The number of aryl methyl sites for hydroxylation is 1. The minimum Gasteiger partial charge on any atom is -0.313 e. The molecule has 0 aliphatic carbocycles. The van der Waals surface area contributed by atoms with Crippen LogP contribution in [0.3, 0.4) is 0 Å². The van der Waals surface area contributed by atoms with E-state index >= 15 is 0 Å². The summed E-state index contributed by atoms with van der Waals surface area (Å²) in [6.45, 7) is 13.3. The zero-order chi connectivity index (χ0) is 14.7. The zero-order valence-corrected chi connectivity index (χ0v) is 13.8. The number of hydrogen-bond acceptors (Lipinski definition) is 4. The number of nitrogens with zero attached hydrogens (tertiary/aromatic N) is 3. The van der Waals surface area contributed by atoms with Crippen LogP contribution >= 0.6 is 11.3 Å². The van der Waals surface area contributed by atoms with E-state index in [0.29, 0.717) is 5.92 Å². The average Bonchev–Trinajstić information content (AvgIpc) is 2.95. The SMILES string of the molecule is CCNCc1c(C)nn(Cc2csc(C(C)C)n2)c1C. The second-order valence-corrected chi connectivity index (χ2v) is 6.31. The highest BCUT2D eigenvalue weighted by Gasteiger charge is 2.13. The zero-order valence-electron chi connectivity index (χ0n) is 13.0. The number of thiazole rings is 1. The highest BCUT2D eigenvalue weighted by atomic mass is 32.1. The molecule has 2 aromatic rings. The monoisotopic (exact) mass is 292 g/mol. The molecule has 0 unspecified atom stereocenters. The smallest absolute Gasteiger partial charge is 0.0954 e. The predicted molar refractivity (Wildman–Crippen MR) is 84.4 cm³/mol. The fraction of sp³-hybridized carbons (Fsp3) is 0.600. The molecule has 0 fully saturated rings. The summed E-state index contributed by atoms with van der Waals surface area (Å²) >= 11 is 1.74. The van der Waals surface area contributed by atoms with Crippen LogP contribution in [0.4, 0.5) is 0 Å². The molecule has 5 heteroatoms. The van der Waals surface area contributed by atoms with E-state index in [1.165, 1.54) is 16.3 Å². The average molecular weight is 292 g/mol. The van der Waals surface area contributed by atoms with Crippen molar-refractivity contribution in [3.8, 4) is 0 Å². The van der Waals surface area contributed by atoms with Gasteiger partial charge >= 0.3 is 0 Å². The Kier molecular flexibility index (Phi) is 4.94. The van der Waals surface area contributed by atoms with E-state index in [-0.39, 0.29) is 0 Å². The first-order chi connectivity index (χ1) is 9.52. The fourth-order valence-corrected chi connectivity index (χ4v) is 3.03. The van der Waals surface area contributed by atoms with E-state index in [1.54, 1.807) is 11.3 Å².